The smallest absolute Gasteiger partial charge is 0.254 e. The van der Waals surface area contributed by atoms with E-state index in [9.17, 15) is 9.13 Å². The summed E-state index contributed by atoms with van der Waals surface area (Å²) in [7, 11) is -7.85. The Hall–Kier alpha value is -0.380. The maximum absolute atomic E-state index is 13.4. The zero-order chi connectivity index (χ0) is 21.3. The third-order valence-electron chi connectivity index (χ3n) is 3.92. The van der Waals surface area contributed by atoms with Crippen molar-refractivity contribution in [2.75, 3.05) is 26.4 Å². The first kappa shape index (κ1) is 25.7. The van der Waals surface area contributed by atoms with Crippen molar-refractivity contribution in [1.29, 1.82) is 0 Å². The van der Waals surface area contributed by atoms with E-state index in [1.165, 1.54) is 12.2 Å². The molecule has 0 saturated heterocycles. The van der Waals surface area contributed by atoms with Gasteiger partial charge in [-0.3, -0.25) is 4.57 Å². The molecule has 10 nitrogen and oxygen atoms in total. The lowest BCUT2D eigenvalue weighted by molar-refractivity contribution is -0.266. The first-order chi connectivity index (χ1) is 13.2. The van der Waals surface area contributed by atoms with Crippen molar-refractivity contribution < 1.29 is 47.4 Å². The molecular formula is C16H30O10P2. The number of rotatable bonds is 14. The van der Waals surface area contributed by atoms with Crippen LogP contribution in [0.1, 0.15) is 41.5 Å². The molecular weight excluding hydrogens is 414 g/mol. The fourth-order valence-electron chi connectivity index (χ4n) is 2.17. The van der Waals surface area contributed by atoms with E-state index in [1.807, 2.05) is 0 Å². The molecule has 1 aliphatic carbocycles. The van der Waals surface area contributed by atoms with E-state index >= 15 is 0 Å². The monoisotopic (exact) mass is 444 g/mol. The highest BCUT2D eigenvalue weighted by atomic mass is 31.2. The Balaban J connectivity index is 3.19. The molecule has 0 bridgehead atoms. The Morgan fingerprint density at radius 2 is 1.29 bits per heavy atom. The molecule has 0 aromatic carbocycles. The zero-order valence-electron chi connectivity index (χ0n) is 17.1. The summed E-state index contributed by atoms with van der Waals surface area (Å²) >= 11 is 0. The minimum atomic E-state index is -3.93. The molecule has 12 heteroatoms. The standard InChI is InChI=1S/C16H30O10P2/c1-7-19-23-27(17,24-20-8-2)15-11-12-16(6,14(5)13-15)28(18,25-21-9-3)26-22-10-4/h11-14H,7-10H2,1-6H3/t14-,16+/m1/s1. The van der Waals surface area contributed by atoms with Crippen molar-refractivity contribution in [1.82, 2.24) is 0 Å². The fourth-order valence-corrected chi connectivity index (χ4v) is 5.18. The summed E-state index contributed by atoms with van der Waals surface area (Å²) in [4.78, 5) is 19.4. The van der Waals surface area contributed by atoms with Crippen molar-refractivity contribution >= 4 is 15.2 Å². The highest BCUT2D eigenvalue weighted by molar-refractivity contribution is 7.58. The third kappa shape index (κ3) is 6.06. The molecule has 0 saturated carbocycles. The van der Waals surface area contributed by atoms with Gasteiger partial charge in [-0.05, 0) is 46.6 Å². The van der Waals surface area contributed by atoms with Gasteiger partial charge in [0, 0.05) is 0 Å². The van der Waals surface area contributed by atoms with Gasteiger partial charge < -0.3 is 0 Å². The normalized spacial score (nSPS) is 23.1. The molecule has 0 N–H and O–H groups in total. The van der Waals surface area contributed by atoms with Gasteiger partial charge in [-0.1, -0.05) is 19.1 Å². The second-order valence-corrected chi connectivity index (χ2v) is 9.92. The van der Waals surface area contributed by atoms with Crippen molar-refractivity contribution in [2.45, 2.75) is 46.7 Å². The van der Waals surface area contributed by atoms with Crippen LogP contribution in [0.3, 0.4) is 0 Å². The maximum atomic E-state index is 13.4. The minimum absolute atomic E-state index is 0.156. The van der Waals surface area contributed by atoms with Gasteiger partial charge >= 0.3 is 15.2 Å². The van der Waals surface area contributed by atoms with Gasteiger partial charge in [-0.25, -0.2) is 24.1 Å². The summed E-state index contributed by atoms with van der Waals surface area (Å²) in [6.45, 7) is 10.7. The SMILES string of the molecule is CCOOP(=O)(OOCC)C1=C[C@@H](C)[C@@](C)(P(=O)(OOCC)OOCC)C=C1. The van der Waals surface area contributed by atoms with Crippen LogP contribution in [-0.4, -0.2) is 31.6 Å². The van der Waals surface area contributed by atoms with Gasteiger partial charge in [0.05, 0.1) is 36.9 Å². The molecule has 1 aliphatic rings. The van der Waals surface area contributed by atoms with Gasteiger partial charge in [0.2, 0.25) is 0 Å². The fraction of sp³-hybridized carbons (Fsp3) is 0.750. The summed E-state index contributed by atoms with van der Waals surface area (Å²) in [5.74, 6) is -0.497. The second kappa shape index (κ2) is 11.7. The molecule has 0 radical (unpaired) electrons. The lowest BCUT2D eigenvalue weighted by Crippen LogP contribution is -2.34. The van der Waals surface area contributed by atoms with Gasteiger partial charge in [-0.15, -0.1) is 18.7 Å². The molecule has 0 aromatic rings. The van der Waals surface area contributed by atoms with Crippen LogP contribution in [0, 0.1) is 5.92 Å². The Labute approximate surface area is 165 Å². The molecule has 0 fully saturated rings. The third-order valence-corrected chi connectivity index (χ3v) is 7.79. The summed E-state index contributed by atoms with van der Waals surface area (Å²) in [5, 5.41) is -0.998. The Kier molecular flexibility index (Phi) is 10.7. The van der Waals surface area contributed by atoms with Crippen LogP contribution in [0.25, 0.3) is 0 Å². The molecule has 2 atom stereocenters. The highest BCUT2D eigenvalue weighted by Crippen LogP contribution is 2.67. The van der Waals surface area contributed by atoms with Crippen LogP contribution in [0.5, 0.6) is 0 Å². The van der Waals surface area contributed by atoms with E-state index in [0.717, 1.165) is 0 Å². The summed E-state index contributed by atoms with van der Waals surface area (Å²) in [5.41, 5.74) is 0. The molecule has 0 aliphatic heterocycles. The van der Waals surface area contributed by atoms with Crippen molar-refractivity contribution in [3.8, 4) is 0 Å². The summed E-state index contributed by atoms with van der Waals surface area (Å²) < 4.78 is 46.5. The predicted octanol–water partition coefficient (Wildman–Crippen LogP) is 5.09. The van der Waals surface area contributed by atoms with Crippen molar-refractivity contribution in [2.24, 2.45) is 5.92 Å². The van der Waals surface area contributed by atoms with Crippen LogP contribution in [0.15, 0.2) is 23.5 Å². The Bertz CT molecular complexity index is 611. The van der Waals surface area contributed by atoms with E-state index in [2.05, 4.69) is 0 Å². The van der Waals surface area contributed by atoms with Crippen LogP contribution in [0.4, 0.5) is 0 Å². The molecule has 0 spiro atoms. The average Bonchev–Trinajstić information content (AvgIpc) is 2.69. The topological polar surface area (TPSA) is 108 Å². The maximum Gasteiger partial charge on any atom is 0.414 e. The van der Waals surface area contributed by atoms with E-state index in [-0.39, 0.29) is 31.7 Å². The zero-order valence-corrected chi connectivity index (χ0v) is 18.9. The van der Waals surface area contributed by atoms with Gasteiger partial charge in [0.15, 0.2) is 0 Å². The molecule has 0 aromatic heterocycles. The van der Waals surface area contributed by atoms with Crippen LogP contribution in [-0.2, 0) is 47.4 Å². The van der Waals surface area contributed by atoms with Gasteiger partial charge in [-0.2, -0.15) is 0 Å². The lowest BCUT2D eigenvalue weighted by atomic mass is 9.91. The quantitative estimate of drug-likeness (QED) is 0.204. The number of allylic oxidation sites excluding steroid dienone is 4. The molecule has 164 valence electrons. The molecule has 28 heavy (non-hydrogen) atoms. The van der Waals surface area contributed by atoms with E-state index < -0.39 is 26.3 Å². The van der Waals surface area contributed by atoms with Crippen LogP contribution in [0.2, 0.25) is 0 Å². The number of hydrogen-bond donors (Lipinski definition) is 0. The van der Waals surface area contributed by atoms with E-state index in [4.69, 9.17) is 38.2 Å². The second-order valence-electron chi connectivity index (χ2n) is 5.86. The van der Waals surface area contributed by atoms with Crippen LogP contribution < -0.4 is 0 Å². The van der Waals surface area contributed by atoms with Gasteiger partial charge in [0.25, 0.3) is 0 Å². The minimum Gasteiger partial charge on any atom is -0.254 e. The Morgan fingerprint density at radius 3 is 1.68 bits per heavy atom. The lowest BCUT2D eigenvalue weighted by Gasteiger charge is -2.37. The summed E-state index contributed by atoms with van der Waals surface area (Å²) in [6, 6.07) is 0. The number of hydrogen-bond acceptors (Lipinski definition) is 10. The highest BCUT2D eigenvalue weighted by Gasteiger charge is 2.53. The first-order valence-corrected chi connectivity index (χ1v) is 12.2. The van der Waals surface area contributed by atoms with Crippen LogP contribution >= 0.6 is 15.2 Å². The van der Waals surface area contributed by atoms with Crippen molar-refractivity contribution in [3.05, 3.63) is 23.5 Å². The predicted molar refractivity (Wildman–Crippen MR) is 101 cm³/mol. The molecule has 0 unspecified atom stereocenters. The molecule has 0 amide bonds. The molecule has 0 heterocycles. The van der Waals surface area contributed by atoms with E-state index in [1.54, 1.807) is 47.6 Å². The van der Waals surface area contributed by atoms with Crippen molar-refractivity contribution in [3.63, 3.8) is 0 Å². The Morgan fingerprint density at radius 1 is 0.857 bits per heavy atom. The molecule has 1 rings (SSSR count). The average molecular weight is 444 g/mol. The first-order valence-electron chi connectivity index (χ1n) is 9.09. The van der Waals surface area contributed by atoms with E-state index in [0.29, 0.717) is 0 Å². The summed E-state index contributed by atoms with van der Waals surface area (Å²) in [6.07, 6.45) is 4.54. The largest absolute Gasteiger partial charge is 0.414 e. The van der Waals surface area contributed by atoms with Gasteiger partial charge in [0.1, 0.15) is 0 Å².